The lowest BCUT2D eigenvalue weighted by atomic mass is 10.5. The van der Waals surface area contributed by atoms with E-state index < -0.39 is 0 Å². The average molecular weight is 193 g/mol. The summed E-state index contributed by atoms with van der Waals surface area (Å²) in [7, 11) is 0. The van der Waals surface area contributed by atoms with E-state index in [-0.39, 0.29) is 0 Å². The Morgan fingerprint density at radius 1 is 1.62 bits per heavy atom. The van der Waals surface area contributed by atoms with Gasteiger partial charge in [0.25, 0.3) is 0 Å². The highest BCUT2D eigenvalue weighted by atomic mass is 32.1. The topological polar surface area (TPSA) is 47.8 Å². The Kier molecular flexibility index (Phi) is 2.18. The fourth-order valence-electron chi connectivity index (χ4n) is 1.06. The van der Waals surface area contributed by atoms with Gasteiger partial charge in [-0.3, -0.25) is 9.78 Å². The molecule has 2 aromatic rings. The van der Waals surface area contributed by atoms with Crippen LogP contribution in [0, 0.1) is 0 Å². The zero-order valence-electron chi connectivity index (χ0n) is 6.75. The summed E-state index contributed by atoms with van der Waals surface area (Å²) in [6.45, 7) is 0.665. The van der Waals surface area contributed by atoms with Crippen molar-refractivity contribution in [1.82, 2.24) is 14.5 Å². The molecule has 5 heteroatoms. The minimum atomic E-state index is 0.452. The monoisotopic (exact) mass is 193 g/mol. The number of carbonyl (C=O) groups excluding carboxylic acids is 1. The van der Waals surface area contributed by atoms with Gasteiger partial charge in [0.15, 0.2) is 12.1 Å². The summed E-state index contributed by atoms with van der Waals surface area (Å²) in [5.74, 6) is 0.452. The van der Waals surface area contributed by atoms with Crippen LogP contribution in [-0.4, -0.2) is 20.8 Å². The van der Waals surface area contributed by atoms with E-state index in [0.29, 0.717) is 12.4 Å². The van der Waals surface area contributed by atoms with E-state index >= 15 is 0 Å². The highest BCUT2D eigenvalue weighted by Crippen LogP contribution is 2.08. The second kappa shape index (κ2) is 3.49. The predicted molar refractivity (Wildman–Crippen MR) is 48.8 cm³/mol. The van der Waals surface area contributed by atoms with Gasteiger partial charge >= 0.3 is 0 Å². The Balaban J connectivity index is 2.23. The van der Waals surface area contributed by atoms with Crippen LogP contribution in [-0.2, 0) is 6.54 Å². The van der Waals surface area contributed by atoms with Crippen LogP contribution in [0.3, 0.4) is 0 Å². The van der Waals surface area contributed by atoms with Crippen molar-refractivity contribution in [2.45, 2.75) is 6.54 Å². The first-order valence-electron chi connectivity index (χ1n) is 3.74. The molecular formula is C8H7N3OS. The molecule has 0 N–H and O–H groups in total. The first kappa shape index (κ1) is 8.12. The third-order valence-corrected chi connectivity index (χ3v) is 2.43. The summed E-state index contributed by atoms with van der Waals surface area (Å²) in [5, 5.41) is 0. The summed E-state index contributed by atoms with van der Waals surface area (Å²) in [4.78, 5) is 19.5. The Morgan fingerprint density at radius 3 is 3.23 bits per heavy atom. The molecule has 0 aliphatic carbocycles. The molecule has 0 unspecified atom stereocenters. The predicted octanol–water partition coefficient (Wildman–Crippen LogP) is 1.20. The van der Waals surface area contributed by atoms with Gasteiger partial charge in [-0.05, 0) is 0 Å². The molecule has 0 atom stereocenters. The number of imidazole rings is 1. The van der Waals surface area contributed by atoms with Gasteiger partial charge < -0.3 is 4.57 Å². The quantitative estimate of drug-likeness (QED) is 0.688. The van der Waals surface area contributed by atoms with E-state index in [4.69, 9.17) is 0 Å². The molecule has 2 aromatic heterocycles. The first-order chi connectivity index (χ1) is 6.40. The summed E-state index contributed by atoms with van der Waals surface area (Å²) in [6, 6.07) is 0. The number of aldehydes is 1. The van der Waals surface area contributed by atoms with E-state index in [1.165, 1.54) is 0 Å². The fourth-order valence-corrected chi connectivity index (χ4v) is 1.65. The maximum Gasteiger partial charge on any atom is 0.185 e. The maximum atomic E-state index is 10.5. The van der Waals surface area contributed by atoms with Crippen LogP contribution in [0.5, 0.6) is 0 Å². The van der Waals surface area contributed by atoms with Crippen molar-refractivity contribution in [2.24, 2.45) is 0 Å². The van der Waals surface area contributed by atoms with Crippen molar-refractivity contribution in [3.05, 3.63) is 34.8 Å². The van der Waals surface area contributed by atoms with Crippen molar-refractivity contribution in [2.75, 3.05) is 0 Å². The number of nitrogens with zero attached hydrogens (tertiary/aromatic N) is 3. The van der Waals surface area contributed by atoms with Crippen LogP contribution in [0.2, 0.25) is 0 Å². The molecule has 0 fully saturated rings. The minimum absolute atomic E-state index is 0.452. The van der Waals surface area contributed by atoms with Gasteiger partial charge in [-0.1, -0.05) is 0 Å². The Labute approximate surface area is 78.9 Å². The molecule has 13 heavy (non-hydrogen) atoms. The molecule has 0 radical (unpaired) electrons. The van der Waals surface area contributed by atoms with Crippen molar-refractivity contribution < 1.29 is 4.79 Å². The van der Waals surface area contributed by atoms with Crippen LogP contribution in [0.4, 0.5) is 0 Å². The third kappa shape index (κ3) is 1.65. The summed E-state index contributed by atoms with van der Waals surface area (Å²) < 4.78 is 1.79. The molecular weight excluding hydrogens is 186 g/mol. The van der Waals surface area contributed by atoms with E-state index in [9.17, 15) is 4.79 Å². The first-order valence-corrected chi connectivity index (χ1v) is 4.62. The number of rotatable bonds is 3. The molecule has 0 spiro atoms. The lowest BCUT2D eigenvalue weighted by Gasteiger charge is -1.99. The molecule has 0 aromatic carbocycles. The van der Waals surface area contributed by atoms with E-state index in [1.807, 2.05) is 0 Å². The van der Waals surface area contributed by atoms with Crippen molar-refractivity contribution in [1.29, 1.82) is 0 Å². The molecule has 0 saturated heterocycles. The van der Waals surface area contributed by atoms with Crippen LogP contribution < -0.4 is 0 Å². The summed E-state index contributed by atoms with van der Waals surface area (Å²) >= 11 is 1.56. The maximum absolute atomic E-state index is 10.5. The zero-order chi connectivity index (χ0) is 9.10. The molecule has 0 amide bonds. The van der Waals surface area contributed by atoms with Gasteiger partial charge in [0.1, 0.15) is 0 Å². The number of thiazole rings is 1. The molecule has 4 nitrogen and oxygen atoms in total. The molecule has 66 valence electrons. The third-order valence-electron chi connectivity index (χ3n) is 1.66. The Morgan fingerprint density at radius 2 is 2.54 bits per heavy atom. The van der Waals surface area contributed by atoms with Crippen LogP contribution in [0.15, 0.2) is 24.1 Å². The van der Waals surface area contributed by atoms with Gasteiger partial charge in [0.2, 0.25) is 0 Å². The highest BCUT2D eigenvalue weighted by Gasteiger charge is 2.02. The SMILES string of the molecule is O=Cc1nccn1Cc1cncs1. The summed E-state index contributed by atoms with van der Waals surface area (Å²) in [5.41, 5.74) is 1.77. The second-order valence-electron chi connectivity index (χ2n) is 2.50. The standard InChI is InChI=1S/C8H7N3OS/c12-5-8-10-1-2-11(8)4-7-3-9-6-13-7/h1-3,5-6H,4H2. The lowest BCUT2D eigenvalue weighted by Crippen LogP contribution is -2.01. The Hall–Kier alpha value is -1.49. The number of aromatic nitrogens is 3. The van der Waals surface area contributed by atoms with Crippen LogP contribution in [0.25, 0.3) is 0 Å². The van der Waals surface area contributed by atoms with E-state index in [0.717, 1.165) is 11.2 Å². The van der Waals surface area contributed by atoms with Gasteiger partial charge in [-0.15, -0.1) is 11.3 Å². The zero-order valence-corrected chi connectivity index (χ0v) is 7.57. The van der Waals surface area contributed by atoms with Gasteiger partial charge in [-0.25, -0.2) is 4.98 Å². The van der Waals surface area contributed by atoms with Gasteiger partial charge in [0.05, 0.1) is 12.1 Å². The Bertz CT molecular complexity index is 393. The van der Waals surface area contributed by atoms with Gasteiger partial charge in [-0.2, -0.15) is 0 Å². The highest BCUT2D eigenvalue weighted by molar-refractivity contribution is 7.09. The number of carbonyl (C=O) groups is 1. The number of hydrogen-bond donors (Lipinski definition) is 0. The summed E-state index contributed by atoms with van der Waals surface area (Å²) in [6.07, 6.45) is 5.94. The largest absolute Gasteiger partial charge is 0.323 e. The average Bonchev–Trinajstić information content (AvgIpc) is 2.76. The lowest BCUT2D eigenvalue weighted by molar-refractivity contribution is 0.111. The molecule has 0 bridgehead atoms. The molecule has 2 heterocycles. The molecule has 0 saturated carbocycles. The smallest absolute Gasteiger partial charge is 0.185 e. The fraction of sp³-hybridized carbons (Fsp3) is 0.125. The molecule has 2 rings (SSSR count). The number of hydrogen-bond acceptors (Lipinski definition) is 4. The normalized spacial score (nSPS) is 10.2. The van der Waals surface area contributed by atoms with E-state index in [2.05, 4.69) is 9.97 Å². The van der Waals surface area contributed by atoms with Crippen molar-refractivity contribution >= 4 is 17.6 Å². The molecule has 0 aliphatic heterocycles. The van der Waals surface area contributed by atoms with E-state index in [1.54, 1.807) is 40.0 Å². The molecule has 0 aliphatic rings. The van der Waals surface area contributed by atoms with Gasteiger partial charge in [0, 0.05) is 23.5 Å². The van der Waals surface area contributed by atoms with Crippen molar-refractivity contribution in [3.8, 4) is 0 Å². The minimum Gasteiger partial charge on any atom is -0.323 e. The van der Waals surface area contributed by atoms with Crippen molar-refractivity contribution in [3.63, 3.8) is 0 Å². The van der Waals surface area contributed by atoms with Crippen LogP contribution in [0.1, 0.15) is 15.5 Å². The van der Waals surface area contributed by atoms with Crippen LogP contribution >= 0.6 is 11.3 Å². The second-order valence-corrected chi connectivity index (χ2v) is 3.47.